The average molecular weight is 370 g/mol. The van der Waals surface area contributed by atoms with E-state index >= 15 is 0 Å². The Balaban J connectivity index is 2.96. The maximum atomic E-state index is 12.2. The highest BCUT2D eigenvalue weighted by molar-refractivity contribution is 6.68. The van der Waals surface area contributed by atoms with E-state index in [2.05, 4.69) is 5.32 Å². The fourth-order valence-corrected chi connectivity index (χ4v) is 2.06. The first-order valence-corrected chi connectivity index (χ1v) is 7.51. The monoisotopic (exact) mass is 368 g/mol. The molecule has 1 aromatic carbocycles. The van der Waals surface area contributed by atoms with E-state index in [-0.39, 0.29) is 16.8 Å². The summed E-state index contributed by atoms with van der Waals surface area (Å²) in [6.45, 7) is 5.70. The largest absolute Gasteiger partial charge is 0.319 e. The third-order valence-corrected chi connectivity index (χ3v) is 3.33. The van der Waals surface area contributed by atoms with Crippen LogP contribution in [0.15, 0.2) is 24.3 Å². The van der Waals surface area contributed by atoms with Gasteiger partial charge in [-0.15, -0.1) is 0 Å². The van der Waals surface area contributed by atoms with Gasteiger partial charge >= 0.3 is 0 Å². The number of rotatable bonds is 4. The lowest BCUT2D eigenvalue weighted by atomic mass is 10.1. The van der Waals surface area contributed by atoms with Crippen molar-refractivity contribution in [2.75, 3.05) is 0 Å². The number of quaternary nitrogens is 1. The number of nitro benzene ring substituents is 1. The van der Waals surface area contributed by atoms with Crippen molar-refractivity contribution in [2.24, 2.45) is 0 Å². The first kappa shape index (κ1) is 19.0. The van der Waals surface area contributed by atoms with Gasteiger partial charge in [0.1, 0.15) is 0 Å². The van der Waals surface area contributed by atoms with Crippen LogP contribution in [-0.2, 0) is 0 Å². The molecule has 9 heteroatoms. The fraction of sp³-hybridized carbons (Fsp3) is 0.462. The summed E-state index contributed by atoms with van der Waals surface area (Å²) in [6.07, 6.45) is -0.843. The number of carbonyl (C=O) groups is 1. The molecule has 1 rings (SSSR count). The summed E-state index contributed by atoms with van der Waals surface area (Å²) in [5, 5.41) is 15.0. The number of amides is 1. The van der Waals surface area contributed by atoms with Crippen LogP contribution in [0.3, 0.4) is 0 Å². The van der Waals surface area contributed by atoms with E-state index in [0.717, 1.165) is 0 Å². The summed E-state index contributed by atoms with van der Waals surface area (Å²) in [7, 11) is 0. The Bertz CT molecular complexity index is 568. The molecule has 1 atom stereocenters. The molecule has 0 spiro atoms. The maximum Gasteiger partial charge on any atom is 0.270 e. The molecule has 1 amide bonds. The van der Waals surface area contributed by atoms with Gasteiger partial charge in [0.15, 0.2) is 0 Å². The number of nitro groups is 1. The van der Waals surface area contributed by atoms with Crippen molar-refractivity contribution in [2.45, 2.75) is 36.3 Å². The van der Waals surface area contributed by atoms with Gasteiger partial charge in [0.25, 0.3) is 15.4 Å². The van der Waals surface area contributed by atoms with E-state index in [1.54, 1.807) is 5.32 Å². The van der Waals surface area contributed by atoms with Crippen LogP contribution in [0.25, 0.3) is 0 Å². The van der Waals surface area contributed by atoms with Crippen molar-refractivity contribution in [1.29, 1.82) is 0 Å². The lowest BCUT2D eigenvalue weighted by Gasteiger charge is -2.29. The predicted molar refractivity (Wildman–Crippen MR) is 86.3 cm³/mol. The van der Waals surface area contributed by atoms with Crippen molar-refractivity contribution in [1.82, 2.24) is 5.32 Å². The van der Waals surface area contributed by atoms with Gasteiger partial charge in [0.05, 0.1) is 10.5 Å². The van der Waals surface area contributed by atoms with E-state index in [4.69, 9.17) is 34.8 Å². The van der Waals surface area contributed by atoms with E-state index in [1.807, 2.05) is 20.8 Å². The van der Waals surface area contributed by atoms with E-state index < -0.39 is 20.8 Å². The zero-order valence-electron chi connectivity index (χ0n) is 12.3. The van der Waals surface area contributed by atoms with Crippen molar-refractivity contribution >= 4 is 46.4 Å². The highest BCUT2D eigenvalue weighted by Crippen LogP contribution is 2.28. The zero-order valence-corrected chi connectivity index (χ0v) is 14.5. The quantitative estimate of drug-likeness (QED) is 0.369. The van der Waals surface area contributed by atoms with E-state index in [0.29, 0.717) is 0 Å². The zero-order chi connectivity index (χ0) is 17.1. The standard InChI is InChI=1S/C13H16Cl3N3O3/c1-12(2,3)18-11(13(14,15)16)17-10(20)8-5-4-6-9(7-8)19(21)22/h4-7,11,18H,1-3H3,(H,17,20)/p+1/t11-/m0/s1. The molecule has 0 aliphatic carbocycles. The Morgan fingerprint density at radius 2 is 1.91 bits per heavy atom. The number of non-ortho nitro benzene ring substituents is 1. The van der Waals surface area contributed by atoms with Crippen LogP contribution in [0.5, 0.6) is 0 Å². The lowest BCUT2D eigenvalue weighted by molar-refractivity contribution is -0.749. The van der Waals surface area contributed by atoms with Gasteiger partial charge in [0, 0.05) is 17.7 Å². The number of carbonyl (C=O) groups excluding carboxylic acids is 1. The molecule has 0 aliphatic heterocycles. The molecular formula is C13H17Cl3N3O3+. The number of halogens is 3. The van der Waals surface area contributed by atoms with Gasteiger partial charge in [0.2, 0.25) is 6.17 Å². The molecule has 0 radical (unpaired) electrons. The number of nitrogens with one attached hydrogen (secondary N) is 1. The van der Waals surface area contributed by atoms with Crippen molar-refractivity contribution < 1.29 is 15.0 Å². The topological polar surface area (TPSA) is 88.8 Å². The van der Waals surface area contributed by atoms with Crippen LogP contribution in [0.2, 0.25) is 0 Å². The molecule has 0 bridgehead atoms. The molecule has 0 fully saturated rings. The minimum Gasteiger partial charge on any atom is -0.319 e. The Hall–Kier alpha value is -1.08. The van der Waals surface area contributed by atoms with Gasteiger partial charge in [-0.2, -0.15) is 0 Å². The number of nitrogens with two attached hydrogens (primary N) is 1. The lowest BCUT2D eigenvalue weighted by Crippen LogP contribution is -3.03. The number of hydrogen-bond acceptors (Lipinski definition) is 3. The number of hydrogen-bond donors (Lipinski definition) is 2. The molecule has 6 nitrogen and oxygen atoms in total. The maximum absolute atomic E-state index is 12.2. The van der Waals surface area contributed by atoms with Crippen LogP contribution >= 0.6 is 34.8 Å². The van der Waals surface area contributed by atoms with Crippen LogP contribution < -0.4 is 10.6 Å². The van der Waals surface area contributed by atoms with Crippen LogP contribution in [0, 0.1) is 10.1 Å². The summed E-state index contributed by atoms with van der Waals surface area (Å²) in [4.78, 5) is 22.4. The van der Waals surface area contributed by atoms with Gasteiger partial charge < -0.3 is 5.32 Å². The average Bonchev–Trinajstić information content (AvgIpc) is 2.35. The SMILES string of the molecule is CC(C)(C)[NH2+][C@H](NC(=O)c1cccc([N+](=O)[O-])c1)C(Cl)(Cl)Cl. The second-order valence-electron chi connectivity index (χ2n) is 5.83. The first-order chi connectivity index (χ1) is 9.90. The molecule has 0 unspecified atom stereocenters. The molecular weight excluding hydrogens is 353 g/mol. The second kappa shape index (κ2) is 7.00. The molecule has 122 valence electrons. The molecule has 0 saturated heterocycles. The first-order valence-electron chi connectivity index (χ1n) is 6.38. The summed E-state index contributed by atoms with van der Waals surface area (Å²) < 4.78 is -1.73. The Kier molecular flexibility index (Phi) is 6.03. The third-order valence-electron chi connectivity index (χ3n) is 2.63. The minimum atomic E-state index is -1.73. The Morgan fingerprint density at radius 3 is 2.36 bits per heavy atom. The molecule has 3 N–H and O–H groups in total. The Morgan fingerprint density at radius 1 is 1.32 bits per heavy atom. The molecule has 0 saturated carbocycles. The second-order valence-corrected chi connectivity index (χ2v) is 8.20. The predicted octanol–water partition coefficient (Wildman–Crippen LogP) is 2.38. The summed E-state index contributed by atoms with van der Waals surface area (Å²) in [5.74, 6) is -0.555. The fourth-order valence-electron chi connectivity index (χ4n) is 1.70. The van der Waals surface area contributed by atoms with Gasteiger partial charge in [-0.3, -0.25) is 20.2 Å². The number of benzene rings is 1. The number of alkyl halides is 3. The molecule has 0 heterocycles. The smallest absolute Gasteiger partial charge is 0.270 e. The van der Waals surface area contributed by atoms with Gasteiger partial charge in [-0.05, 0) is 26.8 Å². The molecule has 1 aromatic rings. The molecule has 0 aromatic heterocycles. The highest BCUT2D eigenvalue weighted by Gasteiger charge is 2.40. The van der Waals surface area contributed by atoms with E-state index in [1.165, 1.54) is 24.3 Å². The van der Waals surface area contributed by atoms with Gasteiger partial charge in [-0.1, -0.05) is 40.9 Å². The molecule has 0 aliphatic rings. The van der Waals surface area contributed by atoms with Crippen LogP contribution in [0.4, 0.5) is 5.69 Å². The van der Waals surface area contributed by atoms with Crippen LogP contribution in [0.1, 0.15) is 31.1 Å². The van der Waals surface area contributed by atoms with Crippen LogP contribution in [-0.4, -0.2) is 26.3 Å². The number of nitrogens with zero attached hydrogens (tertiary/aromatic N) is 1. The highest BCUT2D eigenvalue weighted by atomic mass is 35.6. The summed E-state index contributed by atoms with van der Waals surface area (Å²) in [6, 6.07) is 5.34. The van der Waals surface area contributed by atoms with Crippen molar-refractivity contribution in [3.05, 3.63) is 39.9 Å². The molecule has 22 heavy (non-hydrogen) atoms. The minimum absolute atomic E-state index is 0.121. The third kappa shape index (κ3) is 5.96. The normalized spacial score (nSPS) is 13.5. The van der Waals surface area contributed by atoms with Gasteiger partial charge in [-0.25, -0.2) is 0 Å². The van der Waals surface area contributed by atoms with Crippen molar-refractivity contribution in [3.63, 3.8) is 0 Å². The Labute approximate surface area is 143 Å². The van der Waals surface area contributed by atoms with Crippen molar-refractivity contribution in [3.8, 4) is 0 Å². The summed E-state index contributed by atoms with van der Waals surface area (Å²) in [5.41, 5.74) is -0.362. The summed E-state index contributed by atoms with van der Waals surface area (Å²) >= 11 is 17.7. The van der Waals surface area contributed by atoms with E-state index in [9.17, 15) is 14.9 Å².